The SMILES string of the molecule is O=C(NC(=S)Nc1ccc(Cc2nc3ccccc3o2)cc1)c1ccc(N2CCCC2)c([N+](=O)[O-])c1. The summed E-state index contributed by atoms with van der Waals surface area (Å²) in [5.41, 5.74) is 3.89. The second kappa shape index (κ2) is 10.1. The normalized spacial score (nSPS) is 13.1. The highest BCUT2D eigenvalue weighted by Gasteiger charge is 2.24. The Morgan fingerprint density at radius 2 is 1.83 bits per heavy atom. The number of rotatable bonds is 6. The molecule has 1 saturated heterocycles. The van der Waals surface area contributed by atoms with Gasteiger partial charge in [0.1, 0.15) is 11.2 Å². The van der Waals surface area contributed by atoms with Gasteiger partial charge in [-0.15, -0.1) is 0 Å². The molecule has 9 nitrogen and oxygen atoms in total. The summed E-state index contributed by atoms with van der Waals surface area (Å²) in [6, 6.07) is 19.6. The number of fused-ring (bicyclic) bond motifs is 1. The van der Waals surface area contributed by atoms with Crippen LogP contribution in [0, 0.1) is 10.1 Å². The molecule has 1 fully saturated rings. The zero-order valence-corrected chi connectivity index (χ0v) is 20.1. The number of aromatic nitrogens is 1. The monoisotopic (exact) mass is 501 g/mol. The van der Waals surface area contributed by atoms with Crippen LogP contribution in [0.15, 0.2) is 71.1 Å². The van der Waals surface area contributed by atoms with Crippen molar-refractivity contribution in [2.24, 2.45) is 0 Å². The molecule has 5 rings (SSSR count). The van der Waals surface area contributed by atoms with E-state index in [-0.39, 0.29) is 16.4 Å². The molecule has 36 heavy (non-hydrogen) atoms. The van der Waals surface area contributed by atoms with Crippen molar-refractivity contribution in [3.05, 3.63) is 93.9 Å². The van der Waals surface area contributed by atoms with Crippen LogP contribution in [-0.4, -0.2) is 34.0 Å². The molecule has 182 valence electrons. The first-order valence-corrected chi connectivity index (χ1v) is 12.0. The Labute approximate surface area is 212 Å². The van der Waals surface area contributed by atoms with Crippen LogP contribution in [-0.2, 0) is 6.42 Å². The zero-order valence-electron chi connectivity index (χ0n) is 19.3. The minimum absolute atomic E-state index is 0.0852. The molecule has 2 N–H and O–H groups in total. The molecule has 1 aliphatic rings. The summed E-state index contributed by atoms with van der Waals surface area (Å²) in [6.45, 7) is 1.54. The number of thiocarbonyl (C=S) groups is 1. The van der Waals surface area contributed by atoms with Crippen molar-refractivity contribution in [1.82, 2.24) is 10.3 Å². The second-order valence-corrected chi connectivity index (χ2v) is 8.92. The average molecular weight is 502 g/mol. The van der Waals surface area contributed by atoms with E-state index >= 15 is 0 Å². The Hall–Kier alpha value is -4.31. The third-order valence-corrected chi connectivity index (χ3v) is 6.22. The second-order valence-electron chi connectivity index (χ2n) is 8.51. The molecule has 1 aliphatic heterocycles. The quantitative estimate of drug-likeness (QED) is 0.214. The molecule has 1 amide bonds. The maximum Gasteiger partial charge on any atom is 0.293 e. The van der Waals surface area contributed by atoms with Crippen molar-refractivity contribution in [2.75, 3.05) is 23.3 Å². The molecule has 0 spiro atoms. The molecule has 10 heteroatoms. The predicted octanol–water partition coefficient (Wildman–Crippen LogP) is 5.05. The third-order valence-electron chi connectivity index (χ3n) is 6.01. The summed E-state index contributed by atoms with van der Waals surface area (Å²) in [5, 5.41) is 17.3. The number of nitrogens with one attached hydrogen (secondary N) is 2. The number of nitro groups is 1. The van der Waals surface area contributed by atoms with Crippen LogP contribution in [0.2, 0.25) is 0 Å². The number of benzene rings is 3. The van der Waals surface area contributed by atoms with Crippen molar-refractivity contribution in [1.29, 1.82) is 0 Å². The smallest absolute Gasteiger partial charge is 0.293 e. The highest BCUT2D eigenvalue weighted by Crippen LogP contribution is 2.31. The van der Waals surface area contributed by atoms with Crippen LogP contribution in [0.4, 0.5) is 17.1 Å². The van der Waals surface area contributed by atoms with Gasteiger partial charge in [0.05, 0.1) is 4.92 Å². The third kappa shape index (κ3) is 5.18. The summed E-state index contributed by atoms with van der Waals surface area (Å²) < 4.78 is 5.77. The van der Waals surface area contributed by atoms with Crippen LogP contribution < -0.4 is 15.5 Å². The lowest BCUT2D eigenvalue weighted by molar-refractivity contribution is -0.384. The Balaban J connectivity index is 1.20. The van der Waals surface area contributed by atoms with Gasteiger partial charge in [0, 0.05) is 36.8 Å². The summed E-state index contributed by atoms with van der Waals surface area (Å²) in [7, 11) is 0. The van der Waals surface area contributed by atoms with E-state index in [4.69, 9.17) is 16.6 Å². The summed E-state index contributed by atoms with van der Waals surface area (Å²) in [6.07, 6.45) is 2.54. The van der Waals surface area contributed by atoms with Crippen molar-refractivity contribution in [3.8, 4) is 0 Å². The molecular weight excluding hydrogens is 478 g/mol. The Bertz CT molecular complexity index is 1410. The first-order valence-electron chi connectivity index (χ1n) is 11.6. The summed E-state index contributed by atoms with van der Waals surface area (Å²) >= 11 is 5.27. The standard InChI is InChI=1S/C26H23N5O4S/c32-25(18-9-12-21(22(16-18)31(33)34)30-13-3-4-14-30)29-26(36)27-19-10-7-17(8-11-19)15-24-28-20-5-1-2-6-23(20)35-24/h1-2,5-12,16H,3-4,13-15H2,(H2,27,29,32,36). The summed E-state index contributed by atoms with van der Waals surface area (Å²) in [4.78, 5) is 30.3. The molecule has 1 aromatic heterocycles. The van der Waals surface area contributed by atoms with E-state index in [0.29, 0.717) is 23.7 Å². The van der Waals surface area contributed by atoms with Crippen molar-refractivity contribution in [3.63, 3.8) is 0 Å². The van der Waals surface area contributed by atoms with E-state index in [1.807, 2.05) is 53.4 Å². The fourth-order valence-electron chi connectivity index (χ4n) is 4.25. The number of anilines is 2. The lowest BCUT2D eigenvalue weighted by Crippen LogP contribution is -2.34. The molecule has 3 aromatic carbocycles. The van der Waals surface area contributed by atoms with Crippen LogP contribution in [0.1, 0.15) is 34.7 Å². The van der Waals surface area contributed by atoms with Crippen LogP contribution in [0.5, 0.6) is 0 Å². The minimum atomic E-state index is -0.517. The Morgan fingerprint density at radius 3 is 2.56 bits per heavy atom. The molecule has 0 unspecified atom stereocenters. The molecule has 2 heterocycles. The van der Waals surface area contributed by atoms with Gasteiger partial charge >= 0.3 is 0 Å². The van der Waals surface area contributed by atoms with E-state index in [1.54, 1.807) is 12.1 Å². The maximum absolute atomic E-state index is 12.7. The molecule has 0 radical (unpaired) electrons. The molecule has 0 aliphatic carbocycles. The molecule has 4 aromatic rings. The maximum atomic E-state index is 12.7. The number of hydrogen-bond donors (Lipinski definition) is 2. The number of nitro benzene ring substituents is 1. The lowest BCUT2D eigenvalue weighted by atomic mass is 10.1. The first-order chi connectivity index (χ1) is 17.5. The predicted molar refractivity (Wildman–Crippen MR) is 141 cm³/mol. The fourth-order valence-corrected chi connectivity index (χ4v) is 4.46. The van der Waals surface area contributed by atoms with Gasteiger partial charge in [-0.2, -0.15) is 0 Å². The van der Waals surface area contributed by atoms with Gasteiger partial charge in [-0.25, -0.2) is 4.98 Å². The van der Waals surface area contributed by atoms with Crippen molar-refractivity contribution < 1.29 is 14.1 Å². The highest BCUT2D eigenvalue weighted by molar-refractivity contribution is 7.80. The van der Waals surface area contributed by atoms with E-state index in [0.717, 1.165) is 42.6 Å². The van der Waals surface area contributed by atoms with E-state index in [2.05, 4.69) is 15.6 Å². The molecule has 0 saturated carbocycles. The van der Waals surface area contributed by atoms with Gasteiger partial charge in [-0.3, -0.25) is 20.2 Å². The van der Waals surface area contributed by atoms with E-state index in [9.17, 15) is 14.9 Å². The van der Waals surface area contributed by atoms with Gasteiger partial charge in [0.25, 0.3) is 11.6 Å². The zero-order chi connectivity index (χ0) is 25.1. The lowest BCUT2D eigenvalue weighted by Gasteiger charge is -2.18. The van der Waals surface area contributed by atoms with Gasteiger partial charge < -0.3 is 14.6 Å². The van der Waals surface area contributed by atoms with Gasteiger partial charge in [0.15, 0.2) is 16.6 Å². The summed E-state index contributed by atoms with van der Waals surface area (Å²) in [5.74, 6) is 0.112. The van der Waals surface area contributed by atoms with Gasteiger partial charge in [-0.1, -0.05) is 24.3 Å². The van der Waals surface area contributed by atoms with Crippen LogP contribution in [0.25, 0.3) is 11.1 Å². The van der Waals surface area contributed by atoms with E-state index in [1.165, 1.54) is 6.07 Å². The average Bonchev–Trinajstić information content (AvgIpc) is 3.54. The number of hydrogen-bond acceptors (Lipinski definition) is 7. The number of amides is 1. The largest absolute Gasteiger partial charge is 0.440 e. The topological polar surface area (TPSA) is 114 Å². The highest BCUT2D eigenvalue weighted by atomic mass is 32.1. The van der Waals surface area contributed by atoms with Crippen molar-refractivity contribution >= 4 is 51.4 Å². The number of oxazole rings is 1. The van der Waals surface area contributed by atoms with Gasteiger partial charge in [0.2, 0.25) is 0 Å². The van der Waals surface area contributed by atoms with Gasteiger partial charge in [-0.05, 0) is 67.0 Å². The molecular formula is C26H23N5O4S. The molecule has 0 atom stereocenters. The number of para-hydroxylation sites is 2. The van der Waals surface area contributed by atoms with E-state index < -0.39 is 10.8 Å². The number of carbonyl (C=O) groups excluding carboxylic acids is 1. The number of carbonyl (C=O) groups is 1. The van der Waals surface area contributed by atoms with Crippen LogP contribution in [0.3, 0.4) is 0 Å². The minimum Gasteiger partial charge on any atom is -0.440 e. The first kappa shape index (κ1) is 23.4. The van der Waals surface area contributed by atoms with Crippen LogP contribution >= 0.6 is 12.2 Å². The number of nitrogens with zero attached hydrogens (tertiary/aromatic N) is 3. The van der Waals surface area contributed by atoms with Crippen molar-refractivity contribution in [2.45, 2.75) is 19.3 Å². The fraction of sp³-hybridized carbons (Fsp3) is 0.192. The molecule has 0 bridgehead atoms. The Morgan fingerprint density at radius 1 is 1.08 bits per heavy atom. The Kier molecular flexibility index (Phi) is 6.59.